The van der Waals surface area contributed by atoms with Crippen LogP contribution in [0.15, 0.2) is 0 Å². The monoisotopic (exact) mass is 199 g/mol. The molecule has 1 nitrogen and oxygen atoms in total. The molecule has 0 unspecified atom stereocenters. The zero-order valence-corrected chi connectivity index (χ0v) is 10.2. The minimum atomic E-state index is 0.868. The van der Waals surface area contributed by atoms with Gasteiger partial charge < -0.3 is 5.73 Å². The van der Waals surface area contributed by atoms with Gasteiger partial charge in [-0.1, -0.05) is 65.2 Å². The first-order chi connectivity index (χ1) is 6.85. The Kier molecular flexibility index (Phi) is 11.0. The fourth-order valence-corrected chi connectivity index (χ4v) is 2.18. The Morgan fingerprint density at radius 2 is 1.36 bits per heavy atom. The van der Waals surface area contributed by atoms with Crippen LogP contribution in [0.3, 0.4) is 0 Å². The van der Waals surface area contributed by atoms with Crippen molar-refractivity contribution >= 4 is 0 Å². The zero-order chi connectivity index (χ0) is 10.6. The minimum absolute atomic E-state index is 0.868. The SMILES string of the molecule is CCCC(CCC)CCCCCCN. The largest absolute Gasteiger partial charge is 0.330 e. The van der Waals surface area contributed by atoms with Crippen LogP contribution in [-0.4, -0.2) is 6.54 Å². The second-order valence-corrected chi connectivity index (χ2v) is 4.43. The van der Waals surface area contributed by atoms with Gasteiger partial charge in [0.15, 0.2) is 0 Å². The van der Waals surface area contributed by atoms with Crippen molar-refractivity contribution in [1.29, 1.82) is 0 Å². The standard InChI is InChI=1S/C13H29N/c1-3-9-13(10-4-2)11-7-5-6-8-12-14/h13H,3-12,14H2,1-2H3. The van der Waals surface area contributed by atoms with Crippen molar-refractivity contribution in [3.8, 4) is 0 Å². The molecule has 0 aromatic heterocycles. The molecule has 0 radical (unpaired) electrons. The van der Waals surface area contributed by atoms with Gasteiger partial charge in [0.05, 0.1) is 0 Å². The van der Waals surface area contributed by atoms with Crippen molar-refractivity contribution < 1.29 is 0 Å². The Bertz CT molecular complexity index is 95.4. The highest BCUT2D eigenvalue weighted by Crippen LogP contribution is 2.20. The molecule has 86 valence electrons. The van der Waals surface area contributed by atoms with Crippen LogP contribution in [0.5, 0.6) is 0 Å². The molecular weight excluding hydrogens is 170 g/mol. The Morgan fingerprint density at radius 1 is 0.786 bits per heavy atom. The molecule has 2 N–H and O–H groups in total. The van der Waals surface area contributed by atoms with E-state index in [4.69, 9.17) is 5.73 Å². The van der Waals surface area contributed by atoms with Gasteiger partial charge >= 0.3 is 0 Å². The molecule has 0 aromatic rings. The molecule has 0 heterocycles. The van der Waals surface area contributed by atoms with E-state index in [0.29, 0.717) is 0 Å². The molecule has 0 aliphatic heterocycles. The van der Waals surface area contributed by atoms with Gasteiger partial charge in [0.2, 0.25) is 0 Å². The van der Waals surface area contributed by atoms with E-state index in [1.54, 1.807) is 0 Å². The van der Waals surface area contributed by atoms with Crippen molar-refractivity contribution in [2.75, 3.05) is 6.54 Å². The number of hydrogen-bond donors (Lipinski definition) is 1. The molecule has 0 aliphatic rings. The lowest BCUT2D eigenvalue weighted by Gasteiger charge is -2.14. The van der Waals surface area contributed by atoms with Gasteiger partial charge in [0, 0.05) is 0 Å². The van der Waals surface area contributed by atoms with E-state index in [1.807, 2.05) is 0 Å². The lowest BCUT2D eigenvalue weighted by atomic mass is 9.92. The molecule has 14 heavy (non-hydrogen) atoms. The lowest BCUT2D eigenvalue weighted by Crippen LogP contribution is -2.01. The van der Waals surface area contributed by atoms with Gasteiger partial charge in [-0.2, -0.15) is 0 Å². The number of rotatable bonds is 10. The summed E-state index contributed by atoms with van der Waals surface area (Å²) in [6.07, 6.45) is 12.4. The van der Waals surface area contributed by atoms with Crippen LogP contribution in [0.25, 0.3) is 0 Å². The van der Waals surface area contributed by atoms with E-state index in [2.05, 4.69) is 13.8 Å². The van der Waals surface area contributed by atoms with Crippen LogP contribution in [-0.2, 0) is 0 Å². The Hall–Kier alpha value is -0.0400. The van der Waals surface area contributed by atoms with Crippen LogP contribution in [0.4, 0.5) is 0 Å². The molecule has 0 aliphatic carbocycles. The van der Waals surface area contributed by atoms with E-state index in [9.17, 15) is 0 Å². The van der Waals surface area contributed by atoms with E-state index in [0.717, 1.165) is 12.5 Å². The van der Waals surface area contributed by atoms with Crippen LogP contribution in [0.2, 0.25) is 0 Å². The molecule has 0 fully saturated rings. The highest BCUT2D eigenvalue weighted by atomic mass is 14.5. The molecule has 0 rings (SSSR count). The Labute approximate surface area is 90.5 Å². The first kappa shape index (κ1) is 14.0. The average Bonchev–Trinajstić information content (AvgIpc) is 2.18. The summed E-state index contributed by atoms with van der Waals surface area (Å²) in [6.45, 7) is 5.47. The molecular formula is C13H29N. The Balaban J connectivity index is 3.30. The molecule has 0 atom stereocenters. The lowest BCUT2D eigenvalue weighted by molar-refractivity contribution is 0.392. The van der Waals surface area contributed by atoms with E-state index >= 15 is 0 Å². The molecule has 0 aromatic carbocycles. The minimum Gasteiger partial charge on any atom is -0.330 e. The van der Waals surface area contributed by atoms with E-state index in [1.165, 1.54) is 57.8 Å². The van der Waals surface area contributed by atoms with E-state index in [-0.39, 0.29) is 0 Å². The first-order valence-electron chi connectivity index (χ1n) is 6.55. The van der Waals surface area contributed by atoms with Crippen molar-refractivity contribution in [3.05, 3.63) is 0 Å². The summed E-state index contributed by atoms with van der Waals surface area (Å²) >= 11 is 0. The summed E-state index contributed by atoms with van der Waals surface area (Å²) in [7, 11) is 0. The predicted octanol–water partition coefficient (Wildman–Crippen LogP) is 4.11. The van der Waals surface area contributed by atoms with Crippen LogP contribution >= 0.6 is 0 Å². The van der Waals surface area contributed by atoms with Gasteiger partial charge in [0.1, 0.15) is 0 Å². The molecule has 0 saturated heterocycles. The first-order valence-corrected chi connectivity index (χ1v) is 6.55. The number of hydrogen-bond acceptors (Lipinski definition) is 1. The predicted molar refractivity (Wildman–Crippen MR) is 65.4 cm³/mol. The highest BCUT2D eigenvalue weighted by Gasteiger charge is 2.05. The van der Waals surface area contributed by atoms with Crippen molar-refractivity contribution in [1.82, 2.24) is 0 Å². The molecule has 0 amide bonds. The number of nitrogens with two attached hydrogens (primary N) is 1. The van der Waals surface area contributed by atoms with Crippen LogP contribution in [0, 0.1) is 5.92 Å². The topological polar surface area (TPSA) is 26.0 Å². The van der Waals surface area contributed by atoms with Crippen LogP contribution in [0.1, 0.15) is 71.6 Å². The van der Waals surface area contributed by atoms with E-state index < -0.39 is 0 Å². The maximum Gasteiger partial charge on any atom is -0.00773 e. The van der Waals surface area contributed by atoms with Gasteiger partial charge in [-0.3, -0.25) is 0 Å². The molecule has 0 bridgehead atoms. The maximum atomic E-state index is 5.47. The fourth-order valence-electron chi connectivity index (χ4n) is 2.18. The summed E-state index contributed by atoms with van der Waals surface area (Å²) < 4.78 is 0. The van der Waals surface area contributed by atoms with Gasteiger partial charge in [-0.15, -0.1) is 0 Å². The fraction of sp³-hybridized carbons (Fsp3) is 1.00. The van der Waals surface area contributed by atoms with Crippen molar-refractivity contribution in [2.24, 2.45) is 11.7 Å². The van der Waals surface area contributed by atoms with Gasteiger partial charge in [-0.25, -0.2) is 0 Å². The summed E-state index contributed by atoms with van der Waals surface area (Å²) in [5.41, 5.74) is 5.47. The second-order valence-electron chi connectivity index (χ2n) is 4.43. The van der Waals surface area contributed by atoms with Crippen molar-refractivity contribution in [2.45, 2.75) is 71.6 Å². The van der Waals surface area contributed by atoms with Gasteiger partial charge in [0.25, 0.3) is 0 Å². The van der Waals surface area contributed by atoms with Gasteiger partial charge in [-0.05, 0) is 18.9 Å². The summed E-state index contributed by atoms with van der Waals surface area (Å²) in [5, 5.41) is 0. The molecule has 0 spiro atoms. The molecule has 1 heteroatoms. The number of unbranched alkanes of at least 4 members (excludes halogenated alkanes) is 3. The third-order valence-electron chi connectivity index (χ3n) is 2.96. The summed E-state index contributed by atoms with van der Waals surface area (Å²) in [4.78, 5) is 0. The molecule has 0 saturated carbocycles. The van der Waals surface area contributed by atoms with Crippen molar-refractivity contribution in [3.63, 3.8) is 0 Å². The normalized spacial score (nSPS) is 11.1. The zero-order valence-electron chi connectivity index (χ0n) is 10.2. The third-order valence-corrected chi connectivity index (χ3v) is 2.96. The summed E-state index contributed by atoms with van der Waals surface area (Å²) in [6, 6.07) is 0. The average molecular weight is 199 g/mol. The smallest absolute Gasteiger partial charge is 0.00773 e. The highest BCUT2D eigenvalue weighted by molar-refractivity contribution is 4.58. The van der Waals surface area contributed by atoms with Crippen LogP contribution < -0.4 is 5.73 Å². The maximum absolute atomic E-state index is 5.47. The quantitative estimate of drug-likeness (QED) is 0.526. The Morgan fingerprint density at radius 3 is 1.86 bits per heavy atom. The summed E-state index contributed by atoms with van der Waals surface area (Å²) in [5.74, 6) is 1.00. The third kappa shape index (κ3) is 8.55. The second kappa shape index (κ2) is 11.0.